The van der Waals surface area contributed by atoms with Crippen LogP contribution in [0.3, 0.4) is 0 Å². The highest BCUT2D eigenvalue weighted by Gasteiger charge is 2.42. The summed E-state index contributed by atoms with van der Waals surface area (Å²) in [5, 5.41) is 11.4. The third kappa shape index (κ3) is 4.27. The summed E-state index contributed by atoms with van der Waals surface area (Å²) in [4.78, 5) is 15.1. The van der Waals surface area contributed by atoms with Gasteiger partial charge in [-0.2, -0.15) is 0 Å². The Hall–Kier alpha value is -2.17. The summed E-state index contributed by atoms with van der Waals surface area (Å²) in [7, 11) is 0. The van der Waals surface area contributed by atoms with E-state index in [9.17, 15) is 9.90 Å². The number of esters is 1. The van der Waals surface area contributed by atoms with Crippen LogP contribution < -0.4 is 0 Å². The number of ether oxygens (including phenoxy) is 1. The fraction of sp³-hybridized carbons (Fsp3) is 0.381. The molecule has 0 aliphatic rings. The van der Waals surface area contributed by atoms with Crippen molar-refractivity contribution in [3.8, 4) is 0 Å². The molecule has 2 aromatic carbocycles. The van der Waals surface area contributed by atoms with Gasteiger partial charge in [0.05, 0.1) is 0 Å². The van der Waals surface area contributed by atoms with Crippen LogP contribution in [0.15, 0.2) is 54.6 Å². The minimum Gasteiger partial charge on any atom is -0.462 e. The summed E-state index contributed by atoms with van der Waals surface area (Å²) >= 11 is 0. The monoisotopic (exact) mass is 341 g/mol. The summed E-state index contributed by atoms with van der Waals surface area (Å²) < 4.78 is 5.47. The van der Waals surface area contributed by atoms with Crippen LogP contribution in [0.25, 0.3) is 0 Å². The molecular formula is C21H27NO3. The Morgan fingerprint density at radius 3 is 2.24 bits per heavy atom. The Bertz CT molecular complexity index is 683. The predicted octanol–water partition coefficient (Wildman–Crippen LogP) is 3.12. The molecule has 0 heterocycles. The first-order chi connectivity index (χ1) is 12.0. The molecule has 0 aliphatic carbocycles. The molecule has 2 rings (SSSR count). The van der Waals surface area contributed by atoms with Crippen molar-refractivity contribution in [2.75, 3.05) is 26.2 Å². The highest BCUT2D eigenvalue weighted by molar-refractivity contribution is 5.86. The molecule has 0 saturated heterocycles. The van der Waals surface area contributed by atoms with E-state index in [0.717, 1.165) is 18.7 Å². The van der Waals surface area contributed by atoms with E-state index in [1.165, 1.54) is 0 Å². The maximum absolute atomic E-state index is 12.9. The molecule has 4 heteroatoms. The smallest absolute Gasteiger partial charge is 0.347 e. The molecule has 0 amide bonds. The van der Waals surface area contributed by atoms with Gasteiger partial charge in [0.25, 0.3) is 0 Å². The van der Waals surface area contributed by atoms with Crippen molar-refractivity contribution in [1.82, 2.24) is 4.90 Å². The van der Waals surface area contributed by atoms with Crippen LogP contribution in [0.4, 0.5) is 0 Å². The van der Waals surface area contributed by atoms with Gasteiger partial charge < -0.3 is 14.7 Å². The summed E-state index contributed by atoms with van der Waals surface area (Å²) in [6, 6.07) is 16.3. The molecule has 2 aromatic rings. The number of rotatable bonds is 8. The van der Waals surface area contributed by atoms with Gasteiger partial charge >= 0.3 is 5.97 Å². The molecule has 0 aromatic heterocycles. The lowest BCUT2D eigenvalue weighted by atomic mass is 9.84. The number of hydrogen-bond donors (Lipinski definition) is 1. The number of aliphatic hydroxyl groups is 1. The molecular weight excluding hydrogens is 314 g/mol. The molecule has 0 radical (unpaired) electrons. The molecule has 0 aliphatic heterocycles. The molecule has 0 bridgehead atoms. The lowest BCUT2D eigenvalue weighted by Gasteiger charge is -2.29. The molecule has 25 heavy (non-hydrogen) atoms. The summed E-state index contributed by atoms with van der Waals surface area (Å²) in [5.74, 6) is -0.639. The zero-order valence-corrected chi connectivity index (χ0v) is 15.2. The van der Waals surface area contributed by atoms with E-state index in [-0.39, 0.29) is 6.61 Å². The first kappa shape index (κ1) is 19.2. The average molecular weight is 341 g/mol. The maximum atomic E-state index is 12.9. The fourth-order valence-electron chi connectivity index (χ4n) is 2.95. The Morgan fingerprint density at radius 2 is 1.64 bits per heavy atom. The van der Waals surface area contributed by atoms with Crippen molar-refractivity contribution in [3.63, 3.8) is 0 Å². The first-order valence-electron chi connectivity index (χ1n) is 8.77. The Morgan fingerprint density at radius 1 is 1.04 bits per heavy atom. The molecule has 134 valence electrons. The molecule has 0 saturated carbocycles. The largest absolute Gasteiger partial charge is 0.462 e. The SMILES string of the molecule is CCN(CC)CCOC(=O)[C@](O)(c1ccccc1)c1ccccc1C. The van der Waals surface area contributed by atoms with E-state index in [2.05, 4.69) is 18.7 Å². The fourth-order valence-corrected chi connectivity index (χ4v) is 2.95. The minimum atomic E-state index is -1.81. The van der Waals surface area contributed by atoms with Crippen molar-refractivity contribution >= 4 is 5.97 Å². The Balaban J connectivity index is 2.30. The van der Waals surface area contributed by atoms with Crippen LogP contribution in [-0.4, -0.2) is 42.2 Å². The number of carbonyl (C=O) groups is 1. The predicted molar refractivity (Wildman–Crippen MR) is 99.4 cm³/mol. The summed E-state index contributed by atoms with van der Waals surface area (Å²) in [6.07, 6.45) is 0. The van der Waals surface area contributed by atoms with Gasteiger partial charge in [0.1, 0.15) is 6.61 Å². The zero-order valence-electron chi connectivity index (χ0n) is 15.2. The van der Waals surface area contributed by atoms with Crippen molar-refractivity contribution in [2.45, 2.75) is 26.4 Å². The second kappa shape index (κ2) is 8.79. The van der Waals surface area contributed by atoms with E-state index < -0.39 is 11.6 Å². The van der Waals surface area contributed by atoms with E-state index in [1.807, 2.05) is 43.3 Å². The standard InChI is InChI=1S/C21H27NO3/c1-4-22(5-2)15-16-25-20(23)21(24,18-12-7-6-8-13-18)19-14-10-9-11-17(19)3/h6-14,24H,4-5,15-16H2,1-3H3/t21-/m0/s1. The molecule has 0 unspecified atom stereocenters. The molecule has 1 N–H and O–H groups in total. The quantitative estimate of drug-likeness (QED) is 0.750. The van der Waals surface area contributed by atoms with Crippen LogP contribution in [0.5, 0.6) is 0 Å². The van der Waals surface area contributed by atoms with Crippen LogP contribution in [0.2, 0.25) is 0 Å². The highest BCUT2D eigenvalue weighted by Crippen LogP contribution is 2.33. The Kier molecular flexibility index (Phi) is 6.73. The van der Waals surface area contributed by atoms with Gasteiger partial charge in [-0.05, 0) is 31.1 Å². The van der Waals surface area contributed by atoms with Gasteiger partial charge in [0, 0.05) is 12.1 Å². The van der Waals surface area contributed by atoms with Gasteiger partial charge in [-0.3, -0.25) is 0 Å². The third-order valence-electron chi connectivity index (χ3n) is 4.56. The topological polar surface area (TPSA) is 49.8 Å². The van der Waals surface area contributed by atoms with Crippen molar-refractivity contribution < 1.29 is 14.6 Å². The van der Waals surface area contributed by atoms with Gasteiger partial charge in [0.15, 0.2) is 0 Å². The normalized spacial score (nSPS) is 13.5. The van der Waals surface area contributed by atoms with Crippen LogP contribution in [0, 0.1) is 6.92 Å². The van der Waals surface area contributed by atoms with Gasteiger partial charge in [0.2, 0.25) is 5.60 Å². The molecule has 0 fully saturated rings. The molecule has 4 nitrogen and oxygen atoms in total. The lowest BCUT2D eigenvalue weighted by molar-refractivity contribution is -0.162. The molecule has 0 spiro atoms. The Labute approximate surface area is 150 Å². The number of likely N-dealkylation sites (N-methyl/N-ethyl adjacent to an activating group) is 1. The average Bonchev–Trinajstić information content (AvgIpc) is 2.65. The van der Waals surface area contributed by atoms with E-state index >= 15 is 0 Å². The van der Waals surface area contributed by atoms with Crippen molar-refractivity contribution in [1.29, 1.82) is 0 Å². The van der Waals surface area contributed by atoms with E-state index in [0.29, 0.717) is 17.7 Å². The number of hydrogen-bond acceptors (Lipinski definition) is 4. The van der Waals surface area contributed by atoms with Crippen LogP contribution >= 0.6 is 0 Å². The second-order valence-electron chi connectivity index (χ2n) is 6.05. The van der Waals surface area contributed by atoms with Crippen molar-refractivity contribution in [2.24, 2.45) is 0 Å². The number of carbonyl (C=O) groups excluding carboxylic acids is 1. The van der Waals surface area contributed by atoms with E-state index in [1.54, 1.807) is 18.2 Å². The maximum Gasteiger partial charge on any atom is 0.347 e. The lowest BCUT2D eigenvalue weighted by Crippen LogP contribution is -2.40. The number of benzene rings is 2. The summed E-state index contributed by atoms with van der Waals surface area (Å²) in [6.45, 7) is 8.72. The van der Waals surface area contributed by atoms with Gasteiger partial charge in [-0.15, -0.1) is 0 Å². The molecule has 1 atom stereocenters. The second-order valence-corrected chi connectivity index (χ2v) is 6.05. The van der Waals surface area contributed by atoms with Gasteiger partial charge in [-0.1, -0.05) is 68.4 Å². The summed E-state index contributed by atoms with van der Waals surface area (Å²) in [5.41, 5.74) is 0.0938. The van der Waals surface area contributed by atoms with Crippen molar-refractivity contribution in [3.05, 3.63) is 71.3 Å². The van der Waals surface area contributed by atoms with Crippen LogP contribution in [0.1, 0.15) is 30.5 Å². The minimum absolute atomic E-state index is 0.252. The first-order valence-corrected chi connectivity index (χ1v) is 8.77. The third-order valence-corrected chi connectivity index (χ3v) is 4.56. The number of nitrogens with zero attached hydrogens (tertiary/aromatic N) is 1. The number of aryl methyl sites for hydroxylation is 1. The highest BCUT2D eigenvalue weighted by atomic mass is 16.5. The van der Waals surface area contributed by atoms with Gasteiger partial charge in [-0.25, -0.2) is 4.79 Å². The van der Waals surface area contributed by atoms with Crippen LogP contribution in [-0.2, 0) is 15.1 Å². The van der Waals surface area contributed by atoms with E-state index in [4.69, 9.17) is 4.74 Å². The zero-order chi connectivity index (χ0) is 18.3.